The molecule has 2 aliphatic rings. The summed E-state index contributed by atoms with van der Waals surface area (Å²) < 4.78 is 11.5. The molecule has 2 amide bonds. The number of rotatable bonds is 2. The molecule has 1 aliphatic heterocycles. The molecule has 6 heteroatoms. The molecule has 1 atom stereocenters. The lowest BCUT2D eigenvalue weighted by atomic mass is 10.2. The van der Waals surface area contributed by atoms with Gasteiger partial charge in [-0.25, -0.2) is 0 Å². The molecular formula is C11H18N2O4. The van der Waals surface area contributed by atoms with Crippen molar-refractivity contribution in [1.82, 2.24) is 10.6 Å². The number of ether oxygens (including phenoxy) is 2. The van der Waals surface area contributed by atoms with E-state index in [9.17, 15) is 9.59 Å². The Morgan fingerprint density at radius 2 is 2.00 bits per heavy atom. The van der Waals surface area contributed by atoms with Crippen LogP contribution in [0.25, 0.3) is 0 Å². The third kappa shape index (κ3) is 2.76. The first kappa shape index (κ1) is 12.3. The first-order valence-corrected chi connectivity index (χ1v) is 5.97. The Balaban J connectivity index is 1.75. The summed E-state index contributed by atoms with van der Waals surface area (Å²) in [4.78, 5) is 22.2. The fourth-order valence-corrected chi connectivity index (χ4v) is 2.29. The molecule has 1 saturated heterocycles. The molecule has 0 aromatic carbocycles. The van der Waals surface area contributed by atoms with Crippen LogP contribution in [0.3, 0.4) is 0 Å². The highest BCUT2D eigenvalue weighted by Gasteiger charge is 2.43. The van der Waals surface area contributed by atoms with E-state index in [-0.39, 0.29) is 6.10 Å². The molecule has 1 aliphatic carbocycles. The van der Waals surface area contributed by atoms with Crippen LogP contribution in [-0.2, 0) is 19.1 Å². The maximum atomic E-state index is 11.2. The smallest absolute Gasteiger partial charge is 0.309 e. The number of nitrogens with one attached hydrogen (secondary N) is 2. The predicted molar refractivity (Wildman–Crippen MR) is 59.1 cm³/mol. The van der Waals surface area contributed by atoms with Gasteiger partial charge in [0.2, 0.25) is 0 Å². The number of likely N-dealkylation sites (N-methyl/N-ethyl adjacent to an activating group) is 1. The van der Waals surface area contributed by atoms with E-state index in [4.69, 9.17) is 9.47 Å². The van der Waals surface area contributed by atoms with Gasteiger partial charge in [-0.1, -0.05) is 0 Å². The van der Waals surface area contributed by atoms with Crippen LogP contribution in [0.15, 0.2) is 0 Å². The minimum Gasteiger partial charge on any atom is -0.351 e. The third-order valence-electron chi connectivity index (χ3n) is 3.20. The Labute approximate surface area is 100 Å². The minimum atomic E-state index is -0.639. The number of carbonyl (C=O) groups is 2. The van der Waals surface area contributed by atoms with Crippen LogP contribution in [0.1, 0.15) is 25.7 Å². The molecule has 2 N–H and O–H groups in total. The van der Waals surface area contributed by atoms with E-state index in [0.29, 0.717) is 13.2 Å². The zero-order valence-corrected chi connectivity index (χ0v) is 9.95. The molecule has 0 bridgehead atoms. The Bertz CT molecular complexity index is 313. The van der Waals surface area contributed by atoms with Crippen LogP contribution >= 0.6 is 0 Å². The lowest BCUT2D eigenvalue weighted by Crippen LogP contribution is -2.42. The fourth-order valence-electron chi connectivity index (χ4n) is 2.29. The van der Waals surface area contributed by atoms with Gasteiger partial charge in [0, 0.05) is 26.4 Å². The predicted octanol–water partition coefficient (Wildman–Crippen LogP) is -0.466. The Morgan fingerprint density at radius 3 is 2.65 bits per heavy atom. The Kier molecular flexibility index (Phi) is 3.63. The number of carbonyl (C=O) groups excluding carboxylic acids is 2. The summed E-state index contributed by atoms with van der Waals surface area (Å²) in [5.74, 6) is -1.69. The highest BCUT2D eigenvalue weighted by molar-refractivity contribution is 6.35. The summed E-state index contributed by atoms with van der Waals surface area (Å²) in [6.07, 6.45) is 3.94. The number of amides is 2. The highest BCUT2D eigenvalue weighted by atomic mass is 16.7. The normalized spacial score (nSPS) is 26.1. The summed E-state index contributed by atoms with van der Waals surface area (Å²) in [6.45, 7) is 0.794. The van der Waals surface area contributed by atoms with Crippen molar-refractivity contribution in [2.75, 3.05) is 20.2 Å². The molecular weight excluding hydrogens is 224 g/mol. The standard InChI is InChI=1S/C11H18N2O4/c1-12-9(14)10(15)13-6-8-7-16-11(17-8)4-2-3-5-11/h8H,2-7H2,1H3,(H,12,14)(H,13,15)/t8-/m1/s1. The monoisotopic (exact) mass is 242 g/mol. The van der Waals surface area contributed by atoms with Crippen molar-refractivity contribution in [2.45, 2.75) is 37.6 Å². The molecule has 0 radical (unpaired) electrons. The van der Waals surface area contributed by atoms with Crippen LogP contribution in [0, 0.1) is 0 Å². The first-order chi connectivity index (χ1) is 8.15. The Hall–Kier alpha value is -1.14. The zero-order chi connectivity index (χ0) is 12.3. The lowest BCUT2D eigenvalue weighted by molar-refractivity contribution is -0.161. The maximum Gasteiger partial charge on any atom is 0.309 e. The molecule has 2 rings (SSSR count). The van der Waals surface area contributed by atoms with E-state index >= 15 is 0 Å². The molecule has 2 fully saturated rings. The van der Waals surface area contributed by atoms with E-state index in [1.807, 2.05) is 0 Å². The lowest BCUT2D eigenvalue weighted by Gasteiger charge is -2.21. The van der Waals surface area contributed by atoms with Crippen molar-refractivity contribution in [3.63, 3.8) is 0 Å². The van der Waals surface area contributed by atoms with Gasteiger partial charge in [0.15, 0.2) is 5.79 Å². The van der Waals surface area contributed by atoms with Crippen molar-refractivity contribution in [3.8, 4) is 0 Å². The van der Waals surface area contributed by atoms with Crippen LogP contribution in [0.5, 0.6) is 0 Å². The largest absolute Gasteiger partial charge is 0.351 e. The summed E-state index contributed by atoms with van der Waals surface area (Å²) in [5, 5.41) is 4.79. The molecule has 6 nitrogen and oxygen atoms in total. The van der Waals surface area contributed by atoms with Crippen molar-refractivity contribution < 1.29 is 19.1 Å². The fraction of sp³-hybridized carbons (Fsp3) is 0.818. The summed E-state index contributed by atoms with van der Waals surface area (Å²) in [5.41, 5.74) is 0. The van der Waals surface area contributed by atoms with E-state index in [2.05, 4.69) is 10.6 Å². The van der Waals surface area contributed by atoms with Gasteiger partial charge in [-0.3, -0.25) is 9.59 Å². The number of hydrogen-bond acceptors (Lipinski definition) is 4. The van der Waals surface area contributed by atoms with Crippen LogP contribution < -0.4 is 10.6 Å². The third-order valence-corrected chi connectivity index (χ3v) is 3.20. The molecule has 96 valence electrons. The molecule has 1 spiro atoms. The average molecular weight is 242 g/mol. The molecule has 0 aromatic rings. The van der Waals surface area contributed by atoms with Crippen LogP contribution in [0.2, 0.25) is 0 Å². The average Bonchev–Trinajstić information content (AvgIpc) is 2.96. The van der Waals surface area contributed by atoms with Gasteiger partial charge < -0.3 is 20.1 Å². The van der Waals surface area contributed by atoms with Crippen LogP contribution in [-0.4, -0.2) is 43.9 Å². The van der Waals surface area contributed by atoms with Gasteiger partial charge in [-0.05, 0) is 12.8 Å². The molecule has 1 saturated carbocycles. The molecule has 0 aromatic heterocycles. The second kappa shape index (κ2) is 5.01. The topological polar surface area (TPSA) is 76.7 Å². The van der Waals surface area contributed by atoms with E-state index in [1.165, 1.54) is 7.05 Å². The molecule has 0 unspecified atom stereocenters. The maximum absolute atomic E-state index is 11.2. The van der Waals surface area contributed by atoms with Crippen molar-refractivity contribution in [2.24, 2.45) is 0 Å². The van der Waals surface area contributed by atoms with Crippen molar-refractivity contribution in [1.29, 1.82) is 0 Å². The second-order valence-corrected chi connectivity index (χ2v) is 4.46. The van der Waals surface area contributed by atoms with Crippen LogP contribution in [0.4, 0.5) is 0 Å². The van der Waals surface area contributed by atoms with E-state index < -0.39 is 17.6 Å². The van der Waals surface area contributed by atoms with E-state index in [1.54, 1.807) is 0 Å². The molecule has 1 heterocycles. The second-order valence-electron chi connectivity index (χ2n) is 4.46. The van der Waals surface area contributed by atoms with Gasteiger partial charge >= 0.3 is 11.8 Å². The zero-order valence-electron chi connectivity index (χ0n) is 9.95. The SMILES string of the molecule is CNC(=O)C(=O)NC[C@@H]1COC2(CCCC2)O1. The van der Waals surface area contributed by atoms with Gasteiger partial charge in [0.25, 0.3) is 0 Å². The highest BCUT2D eigenvalue weighted by Crippen LogP contribution is 2.38. The number of hydrogen-bond donors (Lipinski definition) is 2. The summed E-state index contributed by atoms with van der Waals surface area (Å²) >= 11 is 0. The summed E-state index contributed by atoms with van der Waals surface area (Å²) in [7, 11) is 1.42. The van der Waals surface area contributed by atoms with Crippen molar-refractivity contribution in [3.05, 3.63) is 0 Å². The van der Waals surface area contributed by atoms with Gasteiger partial charge in [0.1, 0.15) is 6.10 Å². The van der Waals surface area contributed by atoms with E-state index in [0.717, 1.165) is 25.7 Å². The molecule has 17 heavy (non-hydrogen) atoms. The first-order valence-electron chi connectivity index (χ1n) is 5.97. The van der Waals surface area contributed by atoms with Gasteiger partial charge in [-0.2, -0.15) is 0 Å². The summed E-state index contributed by atoms with van der Waals surface area (Å²) in [6, 6.07) is 0. The van der Waals surface area contributed by atoms with Gasteiger partial charge in [0.05, 0.1) is 6.61 Å². The quantitative estimate of drug-likeness (QED) is 0.642. The minimum absolute atomic E-state index is 0.151. The van der Waals surface area contributed by atoms with Crippen molar-refractivity contribution >= 4 is 11.8 Å². The Morgan fingerprint density at radius 1 is 1.29 bits per heavy atom. The van der Waals surface area contributed by atoms with Gasteiger partial charge in [-0.15, -0.1) is 0 Å².